The summed E-state index contributed by atoms with van der Waals surface area (Å²) in [6.45, 7) is 0.122. The minimum atomic E-state index is -3.77. The Morgan fingerprint density at radius 3 is 2.59 bits per heavy atom. The highest BCUT2D eigenvalue weighted by Gasteiger charge is 2.21. The molecule has 0 aromatic heterocycles. The number of rotatable bonds is 4. The first-order chi connectivity index (χ1) is 7.88. The third-order valence-electron chi connectivity index (χ3n) is 1.87. The lowest BCUT2D eigenvalue weighted by Gasteiger charge is -2.10. The van der Waals surface area contributed by atoms with Gasteiger partial charge in [-0.2, -0.15) is 0 Å². The Morgan fingerprint density at radius 1 is 1.41 bits per heavy atom. The summed E-state index contributed by atoms with van der Waals surface area (Å²) in [4.78, 5) is -0.180. The van der Waals surface area contributed by atoms with Crippen LogP contribution < -0.4 is 10.5 Å². The van der Waals surface area contributed by atoms with Crippen LogP contribution in [0.25, 0.3) is 0 Å². The number of hydrogen-bond acceptors (Lipinski definition) is 3. The standard InChI is InChI=1S/C10H10Cl2N2O2S/c1-2-3-4-14-17(15,16)10-8(12)5-7(11)6-9(10)13/h1,5-6,14H,3-4,13H2. The van der Waals surface area contributed by atoms with E-state index in [4.69, 9.17) is 35.4 Å². The van der Waals surface area contributed by atoms with Gasteiger partial charge in [-0.05, 0) is 12.1 Å². The number of sulfonamides is 1. The highest BCUT2D eigenvalue weighted by Crippen LogP contribution is 2.30. The molecule has 0 bridgehead atoms. The zero-order valence-electron chi connectivity index (χ0n) is 8.70. The first-order valence-corrected chi connectivity index (χ1v) is 6.80. The molecule has 0 amide bonds. The van der Waals surface area contributed by atoms with Gasteiger partial charge in [0.15, 0.2) is 0 Å². The number of nitrogens with one attached hydrogen (secondary N) is 1. The van der Waals surface area contributed by atoms with Crippen LogP contribution in [-0.2, 0) is 10.0 Å². The van der Waals surface area contributed by atoms with Crippen molar-refractivity contribution in [2.45, 2.75) is 11.3 Å². The van der Waals surface area contributed by atoms with Crippen LogP contribution in [0.5, 0.6) is 0 Å². The van der Waals surface area contributed by atoms with E-state index in [0.717, 1.165) is 0 Å². The molecule has 1 aromatic rings. The lowest BCUT2D eigenvalue weighted by Crippen LogP contribution is -2.25. The number of hydrogen-bond donors (Lipinski definition) is 2. The van der Waals surface area contributed by atoms with Gasteiger partial charge in [-0.1, -0.05) is 23.2 Å². The molecule has 0 aliphatic rings. The summed E-state index contributed by atoms with van der Waals surface area (Å²) in [6.07, 6.45) is 5.31. The lowest BCUT2D eigenvalue weighted by atomic mass is 10.3. The van der Waals surface area contributed by atoms with Crippen molar-refractivity contribution in [2.24, 2.45) is 0 Å². The second kappa shape index (κ2) is 5.61. The zero-order valence-corrected chi connectivity index (χ0v) is 11.0. The number of nitrogen functional groups attached to an aromatic ring is 1. The molecule has 3 N–H and O–H groups in total. The lowest BCUT2D eigenvalue weighted by molar-refractivity contribution is 0.583. The van der Waals surface area contributed by atoms with Gasteiger partial charge >= 0.3 is 0 Å². The van der Waals surface area contributed by atoms with Gasteiger partial charge in [0.1, 0.15) is 4.90 Å². The molecule has 17 heavy (non-hydrogen) atoms. The fraction of sp³-hybridized carbons (Fsp3) is 0.200. The topological polar surface area (TPSA) is 72.2 Å². The van der Waals surface area contributed by atoms with Crippen molar-refractivity contribution in [1.82, 2.24) is 4.72 Å². The Hall–Kier alpha value is -0.930. The van der Waals surface area contributed by atoms with Crippen LogP contribution in [0.3, 0.4) is 0 Å². The minimum absolute atomic E-state index is 0.00397. The van der Waals surface area contributed by atoms with Gasteiger partial charge in [0.05, 0.1) is 10.7 Å². The fourth-order valence-corrected chi connectivity index (χ4v) is 3.21. The number of anilines is 1. The third-order valence-corrected chi connectivity index (χ3v) is 4.07. The monoisotopic (exact) mass is 292 g/mol. The van der Waals surface area contributed by atoms with Crippen molar-refractivity contribution in [2.75, 3.05) is 12.3 Å². The van der Waals surface area contributed by atoms with Crippen molar-refractivity contribution >= 4 is 38.9 Å². The van der Waals surface area contributed by atoms with Gasteiger partial charge in [0.2, 0.25) is 10.0 Å². The summed E-state index contributed by atoms with van der Waals surface area (Å²) in [6, 6.07) is 2.64. The van der Waals surface area contributed by atoms with Gasteiger partial charge in [-0.25, -0.2) is 13.1 Å². The summed E-state index contributed by atoms with van der Waals surface area (Å²) < 4.78 is 26.0. The van der Waals surface area contributed by atoms with Crippen LogP contribution in [-0.4, -0.2) is 15.0 Å². The Morgan fingerprint density at radius 2 is 2.06 bits per heavy atom. The van der Waals surface area contributed by atoms with Crippen LogP contribution in [0.4, 0.5) is 5.69 Å². The summed E-state index contributed by atoms with van der Waals surface area (Å²) in [5.74, 6) is 2.32. The number of benzene rings is 1. The quantitative estimate of drug-likeness (QED) is 0.506. The van der Waals surface area contributed by atoms with Gasteiger partial charge in [0.25, 0.3) is 0 Å². The molecule has 4 nitrogen and oxygen atoms in total. The average Bonchev–Trinajstić information content (AvgIpc) is 2.15. The fourth-order valence-electron chi connectivity index (χ4n) is 1.19. The van der Waals surface area contributed by atoms with Crippen LogP contribution in [0, 0.1) is 12.3 Å². The second-order valence-corrected chi connectivity index (χ2v) is 5.71. The zero-order chi connectivity index (χ0) is 13.1. The highest BCUT2D eigenvalue weighted by atomic mass is 35.5. The van der Waals surface area contributed by atoms with Gasteiger partial charge < -0.3 is 5.73 Å². The van der Waals surface area contributed by atoms with E-state index in [-0.39, 0.29) is 33.6 Å². The van der Waals surface area contributed by atoms with E-state index in [9.17, 15) is 8.42 Å². The maximum Gasteiger partial charge on any atom is 0.244 e. The average molecular weight is 293 g/mol. The summed E-state index contributed by atoms with van der Waals surface area (Å²) in [7, 11) is -3.77. The van der Waals surface area contributed by atoms with Crippen LogP contribution in [0.1, 0.15) is 6.42 Å². The summed E-state index contributed by atoms with van der Waals surface area (Å²) in [5, 5.41) is 0.248. The molecule has 7 heteroatoms. The van der Waals surface area contributed by atoms with E-state index in [1.54, 1.807) is 0 Å². The van der Waals surface area contributed by atoms with E-state index >= 15 is 0 Å². The molecular weight excluding hydrogens is 283 g/mol. The van der Waals surface area contributed by atoms with Gasteiger partial charge in [-0.3, -0.25) is 0 Å². The smallest absolute Gasteiger partial charge is 0.244 e. The summed E-state index contributed by atoms with van der Waals surface area (Å²) >= 11 is 11.5. The molecule has 1 aromatic carbocycles. The molecule has 1 rings (SSSR count). The minimum Gasteiger partial charge on any atom is -0.398 e. The van der Waals surface area contributed by atoms with Crippen LogP contribution in [0.15, 0.2) is 17.0 Å². The first kappa shape index (κ1) is 14.1. The predicted octanol–water partition coefficient (Wildman–Crippen LogP) is 1.88. The van der Waals surface area contributed by atoms with Crippen molar-refractivity contribution in [1.29, 1.82) is 0 Å². The molecule has 0 aliphatic heterocycles. The molecule has 0 saturated heterocycles. The van der Waals surface area contributed by atoms with E-state index < -0.39 is 10.0 Å². The first-order valence-electron chi connectivity index (χ1n) is 4.56. The second-order valence-electron chi connectivity index (χ2n) is 3.16. The molecule has 0 heterocycles. The molecular formula is C10H10Cl2N2O2S. The maximum absolute atomic E-state index is 11.9. The maximum atomic E-state index is 11.9. The Kier molecular flexibility index (Phi) is 4.66. The predicted molar refractivity (Wildman–Crippen MR) is 69.5 cm³/mol. The molecule has 0 aliphatic carbocycles. The van der Waals surface area contributed by atoms with E-state index in [1.165, 1.54) is 12.1 Å². The molecule has 0 fully saturated rings. The Balaban J connectivity index is 3.12. The van der Waals surface area contributed by atoms with E-state index in [0.29, 0.717) is 0 Å². The van der Waals surface area contributed by atoms with Crippen molar-refractivity contribution in [3.05, 3.63) is 22.2 Å². The molecule has 0 radical (unpaired) electrons. The third kappa shape index (κ3) is 3.51. The van der Waals surface area contributed by atoms with Crippen molar-refractivity contribution in [3.8, 4) is 12.3 Å². The molecule has 92 valence electrons. The van der Waals surface area contributed by atoms with Crippen LogP contribution >= 0.6 is 23.2 Å². The van der Waals surface area contributed by atoms with Crippen molar-refractivity contribution in [3.63, 3.8) is 0 Å². The normalized spacial score (nSPS) is 11.1. The summed E-state index contributed by atoms with van der Waals surface area (Å²) in [5.41, 5.74) is 5.58. The van der Waals surface area contributed by atoms with Crippen molar-refractivity contribution < 1.29 is 8.42 Å². The molecule has 0 unspecified atom stereocenters. The molecule has 0 saturated carbocycles. The Labute approximate surface area is 110 Å². The van der Waals surface area contributed by atoms with E-state index in [2.05, 4.69) is 10.6 Å². The number of nitrogens with two attached hydrogens (primary N) is 1. The SMILES string of the molecule is C#CCCNS(=O)(=O)c1c(N)cc(Cl)cc1Cl. The Bertz CT molecular complexity index is 541. The van der Waals surface area contributed by atoms with Gasteiger partial charge in [-0.15, -0.1) is 12.3 Å². The van der Waals surface area contributed by atoms with Crippen LogP contribution in [0.2, 0.25) is 10.0 Å². The number of halogens is 2. The van der Waals surface area contributed by atoms with Gasteiger partial charge in [0, 0.05) is 18.0 Å². The highest BCUT2D eigenvalue weighted by molar-refractivity contribution is 7.89. The van der Waals surface area contributed by atoms with E-state index in [1.807, 2.05) is 0 Å². The number of terminal acetylenes is 1. The molecule has 0 atom stereocenters. The molecule has 0 spiro atoms. The largest absolute Gasteiger partial charge is 0.398 e.